The van der Waals surface area contributed by atoms with Crippen LogP contribution >= 0.6 is 7.60 Å². The Kier molecular flexibility index (Phi) is 10.1. The molecule has 0 aliphatic heterocycles. The maximum Gasteiger partial charge on any atom is 0.394 e. The van der Waals surface area contributed by atoms with E-state index in [0.717, 1.165) is 0 Å². The Balaban J connectivity index is 4.11. The van der Waals surface area contributed by atoms with E-state index < -0.39 is 13.6 Å². The summed E-state index contributed by atoms with van der Waals surface area (Å²) in [7, 11) is -3.81. The Labute approximate surface area is 104 Å². The molecule has 18 heavy (non-hydrogen) atoms. The van der Waals surface area contributed by atoms with E-state index in [9.17, 15) is 9.36 Å². The average molecular weight is 288 g/mol. The summed E-state index contributed by atoms with van der Waals surface area (Å²) in [5.41, 5.74) is 0. The van der Waals surface area contributed by atoms with E-state index in [1.54, 1.807) is 13.8 Å². The van der Waals surface area contributed by atoms with Crippen LogP contribution in [0.4, 0.5) is 0 Å². The van der Waals surface area contributed by atoms with Gasteiger partial charge in [-0.15, -0.1) is 9.35 Å². The van der Waals surface area contributed by atoms with Crippen molar-refractivity contribution in [3.05, 3.63) is 0 Å². The van der Waals surface area contributed by atoms with Gasteiger partial charge in [0.2, 0.25) is 0 Å². The van der Waals surface area contributed by atoms with Crippen molar-refractivity contribution in [2.45, 2.75) is 20.8 Å². The first kappa shape index (κ1) is 17.5. The fraction of sp³-hybridized carbons (Fsp3) is 0.875. The molecule has 0 atom stereocenters. The lowest BCUT2D eigenvalue weighted by Crippen LogP contribution is -2.10. The number of carbonyl (C=O) groups is 1. The van der Waals surface area contributed by atoms with E-state index in [2.05, 4.69) is 33.9 Å². The summed E-state index contributed by atoms with van der Waals surface area (Å²) in [6.45, 7) is 4.62. The van der Waals surface area contributed by atoms with Crippen LogP contribution < -0.4 is 0 Å². The molecule has 9 nitrogen and oxygen atoms in total. The molecule has 0 aliphatic carbocycles. The summed E-state index contributed by atoms with van der Waals surface area (Å²) in [5.74, 6) is -0.530. The van der Waals surface area contributed by atoms with Gasteiger partial charge in [-0.05, 0) is 13.8 Å². The first-order chi connectivity index (χ1) is 8.54. The van der Waals surface area contributed by atoms with Crippen LogP contribution in [0.15, 0.2) is 0 Å². The van der Waals surface area contributed by atoms with Crippen LogP contribution in [0, 0.1) is 0 Å². The molecular weight excluding hydrogens is 271 g/mol. The van der Waals surface area contributed by atoms with Crippen molar-refractivity contribution in [3.8, 4) is 0 Å². The summed E-state index contributed by atoms with van der Waals surface area (Å²) >= 11 is 0. The summed E-state index contributed by atoms with van der Waals surface area (Å²) < 4.78 is 25.3. The van der Waals surface area contributed by atoms with Gasteiger partial charge in [0, 0.05) is 6.92 Å². The van der Waals surface area contributed by atoms with Crippen molar-refractivity contribution in [2.75, 3.05) is 26.0 Å². The van der Waals surface area contributed by atoms with E-state index in [1.807, 2.05) is 0 Å². The Bertz CT molecular complexity index is 255. The molecule has 0 aromatic rings. The Hall–Kier alpha value is -0.540. The first-order valence-corrected chi connectivity index (χ1v) is 6.95. The largest absolute Gasteiger partial charge is 0.465 e. The average Bonchev–Trinajstić information content (AvgIpc) is 2.29. The van der Waals surface area contributed by atoms with Gasteiger partial charge in [-0.2, -0.15) is 0 Å². The van der Waals surface area contributed by atoms with Crippen molar-refractivity contribution in [1.29, 1.82) is 0 Å². The second kappa shape index (κ2) is 10.4. The first-order valence-electron chi connectivity index (χ1n) is 5.22. The zero-order valence-corrected chi connectivity index (χ0v) is 11.3. The normalized spacial score (nSPS) is 11.5. The molecular formula is C8H17O9P. The molecule has 0 heterocycles. The van der Waals surface area contributed by atoms with E-state index >= 15 is 0 Å². The zero-order chi connectivity index (χ0) is 13.9. The van der Waals surface area contributed by atoms with Crippen LogP contribution in [0.1, 0.15) is 20.8 Å². The second-order valence-corrected chi connectivity index (χ2v) is 4.74. The predicted molar refractivity (Wildman–Crippen MR) is 56.7 cm³/mol. The van der Waals surface area contributed by atoms with Gasteiger partial charge in [-0.3, -0.25) is 9.36 Å². The van der Waals surface area contributed by atoms with Crippen molar-refractivity contribution >= 4 is 13.6 Å². The lowest BCUT2D eigenvalue weighted by molar-refractivity contribution is -0.499. The van der Waals surface area contributed by atoms with Gasteiger partial charge in [0.1, 0.15) is 6.61 Å². The minimum absolute atomic E-state index is 0.177. The SMILES string of the molecule is CCOOOP(=O)(CCOC(C)=O)OOOCC. The van der Waals surface area contributed by atoms with Crippen LogP contribution in [-0.2, 0) is 43.3 Å². The minimum Gasteiger partial charge on any atom is -0.465 e. The highest BCUT2D eigenvalue weighted by molar-refractivity contribution is 7.53. The van der Waals surface area contributed by atoms with Gasteiger partial charge in [0.15, 0.2) is 0 Å². The van der Waals surface area contributed by atoms with Crippen molar-refractivity contribution < 1.29 is 43.3 Å². The molecule has 0 amide bonds. The molecule has 0 spiro atoms. The highest BCUT2D eigenvalue weighted by Crippen LogP contribution is 2.48. The molecule has 0 saturated heterocycles. The van der Waals surface area contributed by atoms with E-state index in [4.69, 9.17) is 0 Å². The Morgan fingerprint density at radius 2 is 1.56 bits per heavy atom. The van der Waals surface area contributed by atoms with E-state index in [-0.39, 0.29) is 26.0 Å². The molecule has 0 N–H and O–H groups in total. The van der Waals surface area contributed by atoms with Gasteiger partial charge < -0.3 is 4.74 Å². The fourth-order valence-electron chi connectivity index (χ4n) is 0.620. The number of esters is 1. The summed E-state index contributed by atoms with van der Waals surface area (Å²) in [6.07, 6.45) is -0.285. The maximum absolute atomic E-state index is 11.9. The molecule has 0 aromatic heterocycles. The molecule has 0 aliphatic rings. The van der Waals surface area contributed by atoms with Crippen LogP contribution in [-0.4, -0.2) is 32.0 Å². The molecule has 0 saturated carbocycles. The van der Waals surface area contributed by atoms with Crippen LogP contribution in [0.25, 0.3) is 0 Å². The number of hydrogen-bond donors (Lipinski definition) is 0. The molecule has 0 radical (unpaired) electrons. The zero-order valence-electron chi connectivity index (χ0n) is 10.4. The fourth-order valence-corrected chi connectivity index (χ4v) is 1.38. The topological polar surface area (TPSA) is 98.8 Å². The number of hydrogen-bond acceptors (Lipinski definition) is 9. The van der Waals surface area contributed by atoms with Gasteiger partial charge in [0.25, 0.3) is 0 Å². The lowest BCUT2D eigenvalue weighted by Gasteiger charge is -2.13. The van der Waals surface area contributed by atoms with Gasteiger partial charge >= 0.3 is 13.6 Å². The Morgan fingerprint density at radius 3 is 1.94 bits per heavy atom. The molecule has 0 unspecified atom stereocenters. The number of carbonyl (C=O) groups excluding carboxylic acids is 1. The highest BCUT2D eigenvalue weighted by atomic mass is 31.2. The molecule has 0 bridgehead atoms. The van der Waals surface area contributed by atoms with Crippen molar-refractivity contribution in [1.82, 2.24) is 0 Å². The summed E-state index contributed by atoms with van der Waals surface area (Å²) in [6, 6.07) is 0. The summed E-state index contributed by atoms with van der Waals surface area (Å²) in [5, 5.41) is 8.34. The van der Waals surface area contributed by atoms with Crippen LogP contribution in [0.5, 0.6) is 0 Å². The van der Waals surface area contributed by atoms with Gasteiger partial charge in [-0.25, -0.2) is 9.78 Å². The standard InChI is InChI=1S/C8H17O9P/c1-4-12-14-16-18(10,17-15-13-5-2)7-6-11-8(3)9/h4-7H2,1-3H3. The monoisotopic (exact) mass is 288 g/mol. The molecule has 108 valence electrons. The van der Waals surface area contributed by atoms with Gasteiger partial charge in [0.05, 0.1) is 19.4 Å². The molecule has 0 fully saturated rings. The van der Waals surface area contributed by atoms with Crippen LogP contribution in [0.2, 0.25) is 0 Å². The third kappa shape index (κ3) is 9.49. The van der Waals surface area contributed by atoms with E-state index in [0.29, 0.717) is 0 Å². The molecule has 0 rings (SSSR count). The Morgan fingerprint density at radius 1 is 1.06 bits per heavy atom. The highest BCUT2D eigenvalue weighted by Gasteiger charge is 2.30. The molecule has 0 aromatic carbocycles. The smallest absolute Gasteiger partial charge is 0.394 e. The van der Waals surface area contributed by atoms with Gasteiger partial charge in [-0.1, -0.05) is 10.1 Å². The number of rotatable bonds is 11. The van der Waals surface area contributed by atoms with Crippen LogP contribution in [0.3, 0.4) is 0 Å². The third-order valence-corrected chi connectivity index (χ3v) is 2.60. The summed E-state index contributed by atoms with van der Waals surface area (Å²) in [4.78, 5) is 19.3. The number of ether oxygens (including phenoxy) is 1. The third-order valence-electron chi connectivity index (χ3n) is 1.29. The quantitative estimate of drug-likeness (QED) is 0.184. The second-order valence-electron chi connectivity index (χ2n) is 2.77. The maximum atomic E-state index is 11.9. The van der Waals surface area contributed by atoms with Crippen molar-refractivity contribution in [2.24, 2.45) is 0 Å². The van der Waals surface area contributed by atoms with Crippen molar-refractivity contribution in [3.63, 3.8) is 0 Å². The predicted octanol–water partition coefficient (Wildman–Crippen LogP) is 1.54. The minimum atomic E-state index is -3.81. The lowest BCUT2D eigenvalue weighted by atomic mass is 10.8. The van der Waals surface area contributed by atoms with E-state index in [1.165, 1.54) is 6.92 Å². The molecule has 10 heteroatoms.